The second-order valence-electron chi connectivity index (χ2n) is 4.11. The van der Waals surface area contributed by atoms with Crippen molar-refractivity contribution in [3.8, 4) is 5.75 Å². The van der Waals surface area contributed by atoms with E-state index in [1.807, 2.05) is 25.1 Å². The third kappa shape index (κ3) is 3.50. The van der Waals surface area contributed by atoms with Gasteiger partial charge in [0.05, 0.1) is 16.6 Å². The van der Waals surface area contributed by atoms with Gasteiger partial charge in [-0.05, 0) is 40.5 Å². The molecular formula is C13H13BrN2O2. The Kier molecular flexibility index (Phi) is 4.25. The Morgan fingerprint density at radius 1 is 1.50 bits per heavy atom. The minimum absolute atomic E-state index is 0.00623. The molecule has 5 heteroatoms. The molecule has 0 bridgehead atoms. The molecule has 1 heterocycles. The number of hydrogen-bond donors (Lipinski definition) is 0. The lowest BCUT2D eigenvalue weighted by atomic mass is 10.1. The molecule has 0 aromatic heterocycles. The Labute approximate surface area is 114 Å². The standard InChI is InChI=1S/C13H13BrN2O2/c1-9-2-3-13(12(14)6-9)18-8-11(17)7-10-4-5-15-16-10/h2-3,5-6H,4,7-8H2,1H3. The molecule has 1 aliphatic rings. The molecule has 0 N–H and O–H groups in total. The van der Waals surface area contributed by atoms with Gasteiger partial charge in [-0.1, -0.05) is 6.07 Å². The van der Waals surface area contributed by atoms with Gasteiger partial charge in [0, 0.05) is 12.6 Å². The van der Waals surface area contributed by atoms with Crippen molar-refractivity contribution in [1.82, 2.24) is 0 Å². The molecule has 18 heavy (non-hydrogen) atoms. The van der Waals surface area contributed by atoms with Gasteiger partial charge in [-0.2, -0.15) is 10.2 Å². The molecule has 0 aliphatic carbocycles. The molecule has 0 amide bonds. The summed E-state index contributed by atoms with van der Waals surface area (Å²) >= 11 is 3.41. The van der Waals surface area contributed by atoms with Gasteiger partial charge in [-0.15, -0.1) is 0 Å². The topological polar surface area (TPSA) is 51.0 Å². The predicted molar refractivity (Wildman–Crippen MR) is 74.5 cm³/mol. The SMILES string of the molecule is Cc1ccc(OCC(=O)CC2=NN=CC2)c(Br)c1. The summed E-state index contributed by atoms with van der Waals surface area (Å²) in [5.74, 6) is 0.685. The van der Waals surface area contributed by atoms with Crippen molar-refractivity contribution < 1.29 is 9.53 Å². The normalized spacial score (nSPS) is 13.6. The second-order valence-corrected chi connectivity index (χ2v) is 4.96. The van der Waals surface area contributed by atoms with Gasteiger partial charge >= 0.3 is 0 Å². The fraction of sp³-hybridized carbons (Fsp3) is 0.308. The molecule has 0 spiro atoms. The Morgan fingerprint density at radius 3 is 3.00 bits per heavy atom. The zero-order chi connectivity index (χ0) is 13.0. The van der Waals surface area contributed by atoms with Crippen LogP contribution in [-0.2, 0) is 4.79 Å². The van der Waals surface area contributed by atoms with Crippen molar-refractivity contribution >= 4 is 33.6 Å². The lowest BCUT2D eigenvalue weighted by Crippen LogP contribution is -2.15. The van der Waals surface area contributed by atoms with Crippen molar-refractivity contribution in [3.63, 3.8) is 0 Å². The maximum absolute atomic E-state index is 11.7. The van der Waals surface area contributed by atoms with E-state index in [0.29, 0.717) is 18.6 Å². The maximum atomic E-state index is 11.7. The average Bonchev–Trinajstić information content (AvgIpc) is 2.80. The lowest BCUT2D eigenvalue weighted by molar-refractivity contribution is -0.119. The smallest absolute Gasteiger partial charge is 0.175 e. The summed E-state index contributed by atoms with van der Waals surface area (Å²) in [5, 5.41) is 7.58. The fourth-order valence-electron chi connectivity index (χ4n) is 1.58. The maximum Gasteiger partial charge on any atom is 0.175 e. The van der Waals surface area contributed by atoms with Crippen LogP contribution in [0, 0.1) is 6.92 Å². The minimum Gasteiger partial charge on any atom is -0.485 e. The molecule has 94 valence electrons. The van der Waals surface area contributed by atoms with Crippen LogP contribution in [0.4, 0.5) is 0 Å². The van der Waals surface area contributed by atoms with Crippen LogP contribution >= 0.6 is 15.9 Å². The molecule has 0 unspecified atom stereocenters. The number of carbonyl (C=O) groups excluding carboxylic acids is 1. The van der Waals surface area contributed by atoms with Crippen LogP contribution in [0.15, 0.2) is 32.9 Å². The van der Waals surface area contributed by atoms with Crippen LogP contribution in [0.3, 0.4) is 0 Å². The van der Waals surface area contributed by atoms with Crippen molar-refractivity contribution in [1.29, 1.82) is 0 Å². The first-order chi connectivity index (χ1) is 8.65. The van der Waals surface area contributed by atoms with E-state index in [9.17, 15) is 4.79 Å². The predicted octanol–water partition coefficient (Wildman–Crippen LogP) is 2.93. The number of hydrogen-bond acceptors (Lipinski definition) is 4. The molecule has 4 nitrogen and oxygen atoms in total. The van der Waals surface area contributed by atoms with Crippen molar-refractivity contribution in [2.24, 2.45) is 10.2 Å². The average molecular weight is 309 g/mol. The number of ketones is 1. The van der Waals surface area contributed by atoms with Crippen LogP contribution in [-0.4, -0.2) is 24.3 Å². The molecule has 1 aromatic carbocycles. The molecule has 1 aromatic rings. The summed E-state index contributed by atoms with van der Waals surface area (Å²) in [4.78, 5) is 11.7. The highest BCUT2D eigenvalue weighted by Gasteiger charge is 2.11. The van der Waals surface area contributed by atoms with E-state index in [0.717, 1.165) is 15.7 Å². The minimum atomic E-state index is 0.00623. The van der Waals surface area contributed by atoms with E-state index in [1.165, 1.54) is 0 Å². The van der Waals surface area contributed by atoms with Gasteiger partial charge in [0.15, 0.2) is 5.78 Å². The molecule has 0 saturated heterocycles. The zero-order valence-corrected chi connectivity index (χ0v) is 11.6. The van der Waals surface area contributed by atoms with E-state index in [1.54, 1.807) is 6.21 Å². The molecular weight excluding hydrogens is 296 g/mol. The molecule has 0 atom stereocenters. The van der Waals surface area contributed by atoms with Crippen LogP contribution in [0.5, 0.6) is 5.75 Å². The number of halogens is 1. The van der Waals surface area contributed by atoms with Gasteiger partial charge in [0.1, 0.15) is 12.4 Å². The first-order valence-corrected chi connectivity index (χ1v) is 6.42. The summed E-state index contributed by atoms with van der Waals surface area (Å²) in [6, 6.07) is 5.75. The monoisotopic (exact) mass is 308 g/mol. The number of rotatable bonds is 5. The third-order valence-electron chi connectivity index (χ3n) is 2.48. The first kappa shape index (κ1) is 13.0. The second kappa shape index (κ2) is 5.91. The highest BCUT2D eigenvalue weighted by Crippen LogP contribution is 2.25. The number of Topliss-reactive ketones (excluding diaryl/α,β-unsaturated/α-hetero) is 1. The van der Waals surface area contributed by atoms with Crippen LogP contribution in [0.2, 0.25) is 0 Å². The van der Waals surface area contributed by atoms with Gasteiger partial charge in [-0.25, -0.2) is 0 Å². The largest absolute Gasteiger partial charge is 0.485 e. The summed E-state index contributed by atoms with van der Waals surface area (Å²) in [7, 11) is 0. The zero-order valence-electron chi connectivity index (χ0n) is 10.0. The molecule has 0 saturated carbocycles. The van der Waals surface area contributed by atoms with Gasteiger partial charge < -0.3 is 4.74 Å². The Balaban J connectivity index is 1.85. The Hall–Kier alpha value is -1.49. The fourth-order valence-corrected chi connectivity index (χ4v) is 2.18. The number of aryl methyl sites for hydroxylation is 1. The van der Waals surface area contributed by atoms with Gasteiger partial charge in [0.2, 0.25) is 0 Å². The third-order valence-corrected chi connectivity index (χ3v) is 3.10. The Bertz CT molecular complexity index is 524. The van der Waals surface area contributed by atoms with Crippen LogP contribution in [0.25, 0.3) is 0 Å². The Morgan fingerprint density at radius 2 is 2.33 bits per heavy atom. The molecule has 1 aliphatic heterocycles. The number of ether oxygens (including phenoxy) is 1. The first-order valence-electron chi connectivity index (χ1n) is 5.63. The summed E-state index contributed by atoms with van der Waals surface area (Å²) in [6.07, 6.45) is 2.67. The van der Waals surface area contributed by atoms with E-state index < -0.39 is 0 Å². The highest BCUT2D eigenvalue weighted by atomic mass is 79.9. The quantitative estimate of drug-likeness (QED) is 0.839. The van der Waals surface area contributed by atoms with Crippen molar-refractivity contribution in [2.45, 2.75) is 19.8 Å². The van der Waals surface area contributed by atoms with E-state index in [-0.39, 0.29) is 12.4 Å². The van der Waals surface area contributed by atoms with Crippen molar-refractivity contribution in [3.05, 3.63) is 28.2 Å². The van der Waals surface area contributed by atoms with Crippen molar-refractivity contribution in [2.75, 3.05) is 6.61 Å². The van der Waals surface area contributed by atoms with Gasteiger partial charge in [-0.3, -0.25) is 4.79 Å². The van der Waals surface area contributed by atoms with E-state index in [2.05, 4.69) is 26.1 Å². The van der Waals surface area contributed by atoms with Crippen LogP contribution in [0.1, 0.15) is 18.4 Å². The molecule has 2 rings (SSSR count). The van der Waals surface area contributed by atoms with Gasteiger partial charge in [0.25, 0.3) is 0 Å². The molecule has 0 radical (unpaired) electrons. The van der Waals surface area contributed by atoms with E-state index in [4.69, 9.17) is 4.74 Å². The molecule has 0 fully saturated rings. The summed E-state index contributed by atoms with van der Waals surface area (Å²) in [6.45, 7) is 2.05. The summed E-state index contributed by atoms with van der Waals surface area (Å²) in [5.41, 5.74) is 1.93. The number of carbonyl (C=O) groups is 1. The van der Waals surface area contributed by atoms with E-state index >= 15 is 0 Å². The number of nitrogens with zero attached hydrogens (tertiary/aromatic N) is 2. The summed E-state index contributed by atoms with van der Waals surface area (Å²) < 4.78 is 6.33. The van der Waals surface area contributed by atoms with Crippen LogP contribution < -0.4 is 4.74 Å². The highest BCUT2D eigenvalue weighted by molar-refractivity contribution is 9.10. The lowest BCUT2D eigenvalue weighted by Gasteiger charge is -2.08. The number of benzene rings is 1.